The summed E-state index contributed by atoms with van der Waals surface area (Å²) in [5.41, 5.74) is 0. The summed E-state index contributed by atoms with van der Waals surface area (Å²) < 4.78 is 0. The van der Waals surface area contributed by atoms with Crippen LogP contribution >= 0.6 is 0 Å². The van der Waals surface area contributed by atoms with Crippen LogP contribution in [0.1, 0.15) is 59.3 Å². The van der Waals surface area contributed by atoms with Crippen molar-refractivity contribution >= 4 is 17.9 Å². The summed E-state index contributed by atoms with van der Waals surface area (Å²) in [7, 11) is 0. The summed E-state index contributed by atoms with van der Waals surface area (Å²) in [5.74, 6) is -2.13. The normalized spacial score (nSPS) is 7.74. The van der Waals surface area contributed by atoms with Crippen molar-refractivity contribution in [2.24, 2.45) is 0 Å². The van der Waals surface area contributed by atoms with Crippen molar-refractivity contribution in [3.8, 4) is 0 Å². The fourth-order valence-electron chi connectivity index (χ4n) is 0.642. The summed E-state index contributed by atoms with van der Waals surface area (Å²) in [6, 6.07) is 0. The molecule has 0 aliphatic rings. The molecule has 6 nitrogen and oxygen atoms in total. The number of rotatable bonds is 6. The van der Waals surface area contributed by atoms with Gasteiger partial charge in [-0.05, 0) is 19.3 Å². The molecule has 0 aliphatic carbocycles. The van der Waals surface area contributed by atoms with Crippen LogP contribution in [0.25, 0.3) is 0 Å². The summed E-state index contributed by atoms with van der Waals surface area (Å²) in [6.07, 6.45) is 3.07. The molecule has 0 amide bonds. The predicted molar refractivity (Wildman–Crippen MR) is 67.6 cm³/mol. The Morgan fingerprint density at radius 2 is 0.789 bits per heavy atom. The van der Waals surface area contributed by atoms with E-state index >= 15 is 0 Å². The van der Waals surface area contributed by atoms with Crippen LogP contribution in [0.2, 0.25) is 0 Å². The molecule has 0 aromatic rings. The Hall–Kier alpha value is -0.486. The van der Waals surface area contributed by atoms with Crippen LogP contribution in [0.15, 0.2) is 0 Å². The molecule has 0 unspecified atom stereocenters. The molecular weight excluding hydrogens is 329 g/mol. The molecule has 19 heavy (non-hydrogen) atoms. The fourth-order valence-corrected chi connectivity index (χ4v) is 0.642. The smallest absolute Gasteiger partial charge is 0.303 e. The standard InChI is InChI=1S/3C4H8O2.Y/c3*1-2-3-4(5)6;/h3*2-3H2,1H3,(H,5,6);. The third-order valence-electron chi connectivity index (χ3n) is 1.39. The summed E-state index contributed by atoms with van der Waals surface area (Å²) in [6.45, 7) is 5.52. The minimum Gasteiger partial charge on any atom is -0.481 e. The molecule has 0 aromatic heterocycles. The first kappa shape index (κ1) is 27.0. The van der Waals surface area contributed by atoms with Crippen LogP contribution in [-0.4, -0.2) is 33.2 Å². The minimum atomic E-state index is -0.711. The molecule has 1 radical (unpaired) electrons. The molecule has 0 spiro atoms. The number of carboxylic acid groups (broad SMARTS) is 3. The molecule has 0 heterocycles. The first-order valence-electron chi connectivity index (χ1n) is 5.97. The van der Waals surface area contributed by atoms with Gasteiger partial charge in [0.1, 0.15) is 0 Å². The number of aliphatic carboxylic acids is 3. The van der Waals surface area contributed by atoms with E-state index in [0.29, 0.717) is 19.3 Å². The van der Waals surface area contributed by atoms with Gasteiger partial charge in [-0.2, -0.15) is 0 Å². The predicted octanol–water partition coefficient (Wildman–Crippen LogP) is 2.61. The Bertz CT molecular complexity index is 192. The maximum Gasteiger partial charge on any atom is 0.303 e. The number of carbonyl (C=O) groups is 3. The second-order valence-electron chi connectivity index (χ2n) is 3.43. The molecule has 0 saturated carbocycles. The van der Waals surface area contributed by atoms with Crippen LogP contribution in [0.3, 0.4) is 0 Å². The van der Waals surface area contributed by atoms with E-state index in [1.807, 2.05) is 20.8 Å². The second-order valence-corrected chi connectivity index (χ2v) is 3.43. The summed E-state index contributed by atoms with van der Waals surface area (Å²) >= 11 is 0. The van der Waals surface area contributed by atoms with Gasteiger partial charge in [0.15, 0.2) is 0 Å². The zero-order valence-corrected chi connectivity index (χ0v) is 14.7. The largest absolute Gasteiger partial charge is 0.481 e. The average Bonchev–Trinajstić information content (AvgIpc) is 2.18. The van der Waals surface area contributed by atoms with E-state index in [-0.39, 0.29) is 32.7 Å². The van der Waals surface area contributed by atoms with Crippen molar-refractivity contribution in [1.82, 2.24) is 0 Å². The van der Waals surface area contributed by atoms with Gasteiger partial charge in [-0.25, -0.2) is 0 Å². The van der Waals surface area contributed by atoms with Gasteiger partial charge in [-0.1, -0.05) is 20.8 Å². The Labute approximate surface area is 139 Å². The quantitative estimate of drug-likeness (QED) is 0.677. The van der Waals surface area contributed by atoms with Crippen molar-refractivity contribution in [2.75, 3.05) is 0 Å². The molecule has 0 aliphatic heterocycles. The summed E-state index contributed by atoms with van der Waals surface area (Å²) in [4.78, 5) is 28.8. The Morgan fingerprint density at radius 1 is 0.632 bits per heavy atom. The van der Waals surface area contributed by atoms with Crippen LogP contribution in [0, 0.1) is 0 Å². The zero-order chi connectivity index (χ0) is 15.0. The fraction of sp³-hybridized carbons (Fsp3) is 0.750. The number of hydrogen-bond acceptors (Lipinski definition) is 3. The van der Waals surface area contributed by atoms with Gasteiger partial charge in [-0.15, -0.1) is 0 Å². The molecule has 0 fully saturated rings. The topological polar surface area (TPSA) is 112 Å². The Kier molecular flexibility index (Phi) is 32.2. The van der Waals surface area contributed by atoms with E-state index in [0.717, 1.165) is 19.3 Å². The van der Waals surface area contributed by atoms with Crippen LogP contribution in [0.4, 0.5) is 0 Å². The van der Waals surface area contributed by atoms with E-state index < -0.39 is 17.9 Å². The van der Waals surface area contributed by atoms with Crippen molar-refractivity contribution in [3.05, 3.63) is 0 Å². The zero-order valence-electron chi connectivity index (χ0n) is 11.9. The van der Waals surface area contributed by atoms with Crippen LogP contribution < -0.4 is 0 Å². The van der Waals surface area contributed by atoms with Gasteiger partial charge in [0, 0.05) is 52.0 Å². The van der Waals surface area contributed by atoms with Crippen LogP contribution in [0.5, 0.6) is 0 Å². The molecule has 0 aromatic carbocycles. The third-order valence-corrected chi connectivity index (χ3v) is 1.39. The molecule has 0 bridgehead atoms. The number of carboxylic acids is 3. The molecule has 0 atom stereocenters. The third kappa shape index (κ3) is 58.2. The first-order chi connectivity index (χ1) is 8.31. The molecular formula is C12H24O6Y. The van der Waals surface area contributed by atoms with E-state index in [9.17, 15) is 14.4 Å². The maximum absolute atomic E-state index is 9.60. The minimum absolute atomic E-state index is 0. The molecule has 7 heteroatoms. The van der Waals surface area contributed by atoms with Gasteiger partial charge in [0.2, 0.25) is 0 Å². The summed E-state index contributed by atoms with van der Waals surface area (Å²) in [5, 5.41) is 23.7. The molecule has 0 rings (SSSR count). The van der Waals surface area contributed by atoms with Crippen molar-refractivity contribution in [1.29, 1.82) is 0 Å². The molecule has 111 valence electrons. The molecule has 0 saturated heterocycles. The van der Waals surface area contributed by atoms with Gasteiger partial charge in [0.25, 0.3) is 0 Å². The van der Waals surface area contributed by atoms with Gasteiger partial charge in [-0.3, -0.25) is 14.4 Å². The monoisotopic (exact) mass is 353 g/mol. The van der Waals surface area contributed by atoms with E-state index in [2.05, 4.69) is 0 Å². The Morgan fingerprint density at radius 3 is 0.789 bits per heavy atom. The van der Waals surface area contributed by atoms with Crippen molar-refractivity contribution in [2.45, 2.75) is 59.3 Å². The van der Waals surface area contributed by atoms with E-state index in [1.165, 1.54) is 0 Å². The van der Waals surface area contributed by atoms with Gasteiger partial charge >= 0.3 is 17.9 Å². The number of hydrogen-bond donors (Lipinski definition) is 3. The van der Waals surface area contributed by atoms with E-state index in [1.54, 1.807) is 0 Å². The second kappa shape index (κ2) is 22.7. The van der Waals surface area contributed by atoms with Crippen molar-refractivity contribution < 1.29 is 62.4 Å². The van der Waals surface area contributed by atoms with Crippen LogP contribution in [-0.2, 0) is 47.1 Å². The van der Waals surface area contributed by atoms with Crippen molar-refractivity contribution in [3.63, 3.8) is 0 Å². The molecule has 3 N–H and O–H groups in total. The SMILES string of the molecule is CCCC(=O)O.CCCC(=O)O.CCCC(=O)O.[Y]. The average molecular weight is 353 g/mol. The first-order valence-corrected chi connectivity index (χ1v) is 5.97. The Balaban J connectivity index is -0.0000000865. The van der Waals surface area contributed by atoms with E-state index in [4.69, 9.17) is 15.3 Å². The van der Waals surface area contributed by atoms with Gasteiger partial charge in [0.05, 0.1) is 0 Å². The van der Waals surface area contributed by atoms with Gasteiger partial charge < -0.3 is 15.3 Å². The maximum atomic E-state index is 9.60.